The molecular weight excluding hydrogens is 308 g/mol. The average molecular weight is 330 g/mol. The van der Waals surface area contributed by atoms with Gasteiger partial charge in [0.1, 0.15) is 18.3 Å². The highest BCUT2D eigenvalue weighted by Gasteiger charge is 2.46. The van der Waals surface area contributed by atoms with Crippen molar-refractivity contribution in [3.8, 4) is 0 Å². The van der Waals surface area contributed by atoms with Gasteiger partial charge in [0.2, 0.25) is 0 Å². The van der Waals surface area contributed by atoms with Crippen LogP contribution in [-0.2, 0) is 23.8 Å². The Bertz CT molecular complexity index is 605. The molecular formula is C19H22O5. The summed E-state index contributed by atoms with van der Waals surface area (Å²) in [6.45, 7) is 7.09. The van der Waals surface area contributed by atoms with Gasteiger partial charge in [-0.3, -0.25) is 0 Å². The predicted molar refractivity (Wildman–Crippen MR) is 90.1 cm³/mol. The Kier molecular flexibility index (Phi) is 6.06. The SMILES string of the molecule is C=CC[C@@H](OC(=O)/C=C/c1ccccc1)[C@@H]1OC(C)(C)O[C@H]1C=O. The van der Waals surface area contributed by atoms with Crippen molar-refractivity contribution in [1.82, 2.24) is 0 Å². The molecule has 0 bridgehead atoms. The van der Waals surface area contributed by atoms with Crippen LogP contribution in [0.15, 0.2) is 49.1 Å². The number of hydrogen-bond donors (Lipinski definition) is 0. The van der Waals surface area contributed by atoms with Gasteiger partial charge in [0.15, 0.2) is 12.1 Å². The van der Waals surface area contributed by atoms with Gasteiger partial charge in [0, 0.05) is 12.5 Å². The quantitative estimate of drug-likeness (QED) is 0.333. The summed E-state index contributed by atoms with van der Waals surface area (Å²) in [6, 6.07) is 9.42. The molecule has 1 aromatic rings. The highest BCUT2D eigenvalue weighted by atomic mass is 16.8. The van der Waals surface area contributed by atoms with E-state index in [9.17, 15) is 9.59 Å². The number of hydrogen-bond acceptors (Lipinski definition) is 5. The van der Waals surface area contributed by atoms with Crippen LogP contribution in [-0.4, -0.2) is 36.4 Å². The molecule has 1 aliphatic heterocycles. The van der Waals surface area contributed by atoms with Crippen molar-refractivity contribution in [2.45, 2.75) is 44.4 Å². The average Bonchev–Trinajstić information content (AvgIpc) is 2.88. The maximum Gasteiger partial charge on any atom is 0.331 e. The normalized spacial score (nSPS) is 23.8. The summed E-state index contributed by atoms with van der Waals surface area (Å²) in [5.41, 5.74) is 0.891. The van der Waals surface area contributed by atoms with E-state index in [1.165, 1.54) is 6.08 Å². The van der Waals surface area contributed by atoms with Crippen LogP contribution in [0.4, 0.5) is 0 Å². The number of esters is 1. The molecule has 5 heteroatoms. The van der Waals surface area contributed by atoms with E-state index in [1.54, 1.807) is 26.0 Å². The van der Waals surface area contributed by atoms with Gasteiger partial charge in [-0.25, -0.2) is 4.79 Å². The van der Waals surface area contributed by atoms with Gasteiger partial charge in [-0.1, -0.05) is 36.4 Å². The summed E-state index contributed by atoms with van der Waals surface area (Å²) in [5.74, 6) is -1.41. The van der Waals surface area contributed by atoms with Crippen LogP contribution >= 0.6 is 0 Å². The molecule has 1 aromatic carbocycles. The van der Waals surface area contributed by atoms with Crippen molar-refractivity contribution >= 4 is 18.3 Å². The zero-order chi connectivity index (χ0) is 17.6. The maximum absolute atomic E-state index is 12.1. The fourth-order valence-corrected chi connectivity index (χ4v) is 2.54. The van der Waals surface area contributed by atoms with E-state index in [-0.39, 0.29) is 0 Å². The van der Waals surface area contributed by atoms with Crippen LogP contribution in [0.2, 0.25) is 0 Å². The molecule has 1 aliphatic rings. The third-order valence-corrected chi connectivity index (χ3v) is 3.54. The highest BCUT2D eigenvalue weighted by molar-refractivity contribution is 5.87. The van der Waals surface area contributed by atoms with E-state index in [2.05, 4.69) is 6.58 Å². The summed E-state index contributed by atoms with van der Waals surface area (Å²) in [5, 5.41) is 0. The number of carbonyl (C=O) groups is 2. The molecule has 24 heavy (non-hydrogen) atoms. The fraction of sp³-hybridized carbons (Fsp3) is 0.368. The first-order valence-corrected chi connectivity index (χ1v) is 7.81. The van der Waals surface area contributed by atoms with E-state index >= 15 is 0 Å². The molecule has 1 heterocycles. The maximum atomic E-state index is 12.1. The van der Waals surface area contributed by atoms with Crippen LogP contribution < -0.4 is 0 Å². The van der Waals surface area contributed by atoms with Gasteiger partial charge in [-0.15, -0.1) is 6.58 Å². The Hall–Kier alpha value is -2.24. The lowest BCUT2D eigenvalue weighted by molar-refractivity contribution is -0.167. The van der Waals surface area contributed by atoms with Crippen molar-refractivity contribution in [2.75, 3.05) is 0 Å². The van der Waals surface area contributed by atoms with Crippen molar-refractivity contribution in [1.29, 1.82) is 0 Å². The van der Waals surface area contributed by atoms with Crippen LogP contribution in [0, 0.1) is 0 Å². The third-order valence-electron chi connectivity index (χ3n) is 3.54. The standard InChI is InChI=1S/C19H22O5/c1-4-8-15(18-16(13-20)23-19(2,3)24-18)22-17(21)12-11-14-9-6-5-7-10-14/h4-7,9-13,15-16,18H,1,8H2,2-3H3/b12-11+/t15-,16+,18+/m1/s1. The van der Waals surface area contributed by atoms with E-state index < -0.39 is 30.1 Å². The molecule has 0 spiro atoms. The zero-order valence-corrected chi connectivity index (χ0v) is 13.9. The minimum atomic E-state index is -0.901. The second-order valence-electron chi connectivity index (χ2n) is 5.94. The van der Waals surface area contributed by atoms with E-state index in [0.29, 0.717) is 12.7 Å². The molecule has 0 amide bonds. The third kappa shape index (κ3) is 4.88. The van der Waals surface area contributed by atoms with Crippen LogP contribution in [0.25, 0.3) is 6.08 Å². The lowest BCUT2D eigenvalue weighted by Gasteiger charge is -2.23. The largest absolute Gasteiger partial charge is 0.456 e. The molecule has 0 aliphatic carbocycles. The summed E-state index contributed by atoms with van der Waals surface area (Å²) < 4.78 is 16.7. The molecule has 0 radical (unpaired) electrons. The first-order chi connectivity index (χ1) is 11.4. The molecule has 3 atom stereocenters. The molecule has 128 valence electrons. The summed E-state index contributed by atoms with van der Waals surface area (Å²) in [6.07, 6.45) is 3.58. The number of carbonyl (C=O) groups excluding carboxylic acids is 2. The Labute approximate surface area is 141 Å². The van der Waals surface area contributed by atoms with E-state index in [4.69, 9.17) is 14.2 Å². The first-order valence-electron chi connectivity index (χ1n) is 7.81. The fourth-order valence-electron chi connectivity index (χ4n) is 2.54. The van der Waals surface area contributed by atoms with Crippen molar-refractivity contribution in [3.05, 3.63) is 54.6 Å². The van der Waals surface area contributed by atoms with Gasteiger partial charge in [-0.2, -0.15) is 0 Å². The predicted octanol–water partition coefficient (Wildman–Crippen LogP) is 2.91. The minimum Gasteiger partial charge on any atom is -0.456 e. The summed E-state index contributed by atoms with van der Waals surface area (Å²) in [4.78, 5) is 23.3. The minimum absolute atomic E-state index is 0.360. The lowest BCUT2D eigenvalue weighted by Crippen LogP contribution is -2.39. The Morgan fingerprint density at radius 2 is 2.04 bits per heavy atom. The van der Waals surface area contributed by atoms with Crippen molar-refractivity contribution in [2.24, 2.45) is 0 Å². The van der Waals surface area contributed by atoms with Crippen molar-refractivity contribution in [3.63, 3.8) is 0 Å². The molecule has 0 N–H and O–H groups in total. The van der Waals surface area contributed by atoms with Gasteiger partial charge in [-0.05, 0) is 25.5 Å². The van der Waals surface area contributed by atoms with Gasteiger partial charge < -0.3 is 19.0 Å². The molecule has 0 aromatic heterocycles. The number of aldehydes is 1. The number of benzene rings is 1. The van der Waals surface area contributed by atoms with Crippen LogP contribution in [0.3, 0.4) is 0 Å². The van der Waals surface area contributed by atoms with E-state index in [1.807, 2.05) is 30.3 Å². The number of ether oxygens (including phenoxy) is 3. The summed E-state index contributed by atoms with van der Waals surface area (Å²) >= 11 is 0. The zero-order valence-electron chi connectivity index (χ0n) is 13.9. The van der Waals surface area contributed by atoms with Crippen LogP contribution in [0.1, 0.15) is 25.8 Å². The topological polar surface area (TPSA) is 61.8 Å². The monoisotopic (exact) mass is 330 g/mol. The molecule has 1 saturated heterocycles. The second-order valence-corrected chi connectivity index (χ2v) is 5.94. The second kappa shape index (κ2) is 8.04. The van der Waals surface area contributed by atoms with Gasteiger partial charge in [0.05, 0.1) is 0 Å². The lowest BCUT2D eigenvalue weighted by atomic mass is 10.1. The first kappa shape index (κ1) is 18.1. The van der Waals surface area contributed by atoms with Gasteiger partial charge >= 0.3 is 5.97 Å². The molecule has 0 saturated carbocycles. The Morgan fingerprint density at radius 1 is 1.33 bits per heavy atom. The van der Waals surface area contributed by atoms with E-state index in [0.717, 1.165) is 5.56 Å². The van der Waals surface area contributed by atoms with Crippen LogP contribution in [0.5, 0.6) is 0 Å². The molecule has 1 fully saturated rings. The smallest absolute Gasteiger partial charge is 0.331 e. The molecule has 0 unspecified atom stereocenters. The number of rotatable bonds is 7. The van der Waals surface area contributed by atoms with Gasteiger partial charge in [0.25, 0.3) is 0 Å². The molecule has 2 rings (SSSR count). The highest BCUT2D eigenvalue weighted by Crippen LogP contribution is 2.31. The summed E-state index contributed by atoms with van der Waals surface area (Å²) in [7, 11) is 0. The Balaban J connectivity index is 2.05. The van der Waals surface area contributed by atoms with Crippen molar-refractivity contribution < 1.29 is 23.8 Å². The Morgan fingerprint density at radius 3 is 2.67 bits per heavy atom. The molecule has 5 nitrogen and oxygen atoms in total.